The Morgan fingerprint density at radius 3 is 2.44 bits per heavy atom. The molecule has 0 saturated carbocycles. The Morgan fingerprint density at radius 1 is 1.18 bits per heavy atom. The van der Waals surface area contributed by atoms with Gasteiger partial charge in [-0.2, -0.15) is 13.2 Å². The van der Waals surface area contributed by atoms with Gasteiger partial charge in [0, 0.05) is 25.2 Å². The van der Waals surface area contributed by atoms with Crippen LogP contribution in [0.15, 0.2) is 18.2 Å². The maximum atomic E-state index is 12.8. The van der Waals surface area contributed by atoms with Crippen molar-refractivity contribution < 1.29 is 32.4 Å². The fraction of sp³-hybridized carbons (Fsp3) is 0.636. The minimum atomic E-state index is -4.85. The summed E-state index contributed by atoms with van der Waals surface area (Å²) in [4.78, 5) is 37.8. The fourth-order valence-electron chi connectivity index (χ4n) is 4.85. The number of ether oxygens (including phenoxy) is 1. The number of benzene rings is 1. The first-order valence-corrected chi connectivity index (χ1v) is 11.2. The molecule has 2 unspecified atom stereocenters. The van der Waals surface area contributed by atoms with Crippen molar-refractivity contribution in [2.45, 2.75) is 44.8 Å². The van der Waals surface area contributed by atoms with E-state index in [0.29, 0.717) is 25.3 Å². The van der Waals surface area contributed by atoms with Crippen LogP contribution in [0.3, 0.4) is 0 Å². The Kier molecular flexibility index (Phi) is 8.01. The molecule has 2 aliphatic rings. The average Bonchev–Trinajstić information content (AvgIpc) is 2.82. The van der Waals surface area contributed by atoms with Gasteiger partial charge in [0.1, 0.15) is 5.75 Å². The molecule has 12 heteroatoms. The Balaban J connectivity index is 1.56. The number of hydrogen-bond acceptors (Lipinski definition) is 6. The smallest absolute Gasteiger partial charge is 0.471 e. The second kappa shape index (κ2) is 10.6. The number of nitro benzene ring substituents is 1. The van der Waals surface area contributed by atoms with Crippen LogP contribution in [0.1, 0.15) is 32.6 Å². The number of nitro groups is 1. The third-order valence-electron chi connectivity index (χ3n) is 6.81. The zero-order valence-corrected chi connectivity index (χ0v) is 19.1. The number of amides is 2. The van der Waals surface area contributed by atoms with Crippen molar-refractivity contribution in [2.24, 2.45) is 11.8 Å². The normalized spacial score (nSPS) is 21.1. The Labute approximate surface area is 195 Å². The van der Waals surface area contributed by atoms with E-state index < -0.39 is 23.0 Å². The average molecular weight is 486 g/mol. The van der Waals surface area contributed by atoms with Crippen LogP contribution in [0.2, 0.25) is 0 Å². The maximum absolute atomic E-state index is 12.8. The van der Waals surface area contributed by atoms with Crippen LogP contribution in [0.4, 0.5) is 24.5 Å². The number of nitrogens with one attached hydrogen (secondary N) is 1. The van der Waals surface area contributed by atoms with Gasteiger partial charge in [0.05, 0.1) is 23.8 Å². The van der Waals surface area contributed by atoms with Crippen molar-refractivity contribution in [3.8, 4) is 5.75 Å². The standard InChI is InChI=1S/C22H29F3N4O5/c1-14(20(30)26-18-12-17(29(32)33)5-6-19(18)34-2)27-10-7-15(8-11-27)16-4-3-9-28(13-16)21(31)22(23,24)25/h5-6,12,14-16H,3-4,7-11,13H2,1-2H3,(H,26,30). The zero-order valence-electron chi connectivity index (χ0n) is 19.1. The van der Waals surface area contributed by atoms with E-state index in [2.05, 4.69) is 5.32 Å². The van der Waals surface area contributed by atoms with Gasteiger partial charge in [0.25, 0.3) is 5.69 Å². The largest absolute Gasteiger partial charge is 0.495 e. The number of halogens is 3. The molecule has 9 nitrogen and oxygen atoms in total. The molecule has 0 aromatic heterocycles. The predicted octanol–water partition coefficient (Wildman–Crippen LogP) is 3.44. The third kappa shape index (κ3) is 5.96. The monoisotopic (exact) mass is 486 g/mol. The molecule has 0 bridgehead atoms. The lowest BCUT2D eigenvalue weighted by molar-refractivity contribution is -0.384. The van der Waals surface area contributed by atoms with E-state index in [9.17, 15) is 32.9 Å². The topological polar surface area (TPSA) is 105 Å². The molecule has 2 saturated heterocycles. The van der Waals surface area contributed by atoms with Crippen molar-refractivity contribution in [1.29, 1.82) is 0 Å². The van der Waals surface area contributed by atoms with Crippen LogP contribution in [-0.2, 0) is 9.59 Å². The highest BCUT2D eigenvalue weighted by molar-refractivity contribution is 5.96. The van der Waals surface area contributed by atoms with Gasteiger partial charge in [0.15, 0.2) is 0 Å². The molecule has 34 heavy (non-hydrogen) atoms. The first kappa shape index (κ1) is 25.7. The number of rotatable bonds is 6. The maximum Gasteiger partial charge on any atom is 0.471 e. The number of methoxy groups -OCH3 is 1. The summed E-state index contributed by atoms with van der Waals surface area (Å²) in [7, 11) is 1.40. The molecule has 2 heterocycles. The summed E-state index contributed by atoms with van der Waals surface area (Å²) < 4.78 is 43.6. The molecule has 2 amide bonds. The van der Waals surface area contributed by atoms with Crippen molar-refractivity contribution in [3.05, 3.63) is 28.3 Å². The number of nitrogens with zero attached hydrogens (tertiary/aromatic N) is 3. The van der Waals surface area contributed by atoms with Crippen molar-refractivity contribution in [1.82, 2.24) is 9.80 Å². The first-order valence-electron chi connectivity index (χ1n) is 11.2. The lowest BCUT2D eigenvalue weighted by Gasteiger charge is -2.42. The molecule has 1 aromatic carbocycles. The molecule has 2 aliphatic heterocycles. The van der Waals surface area contributed by atoms with Gasteiger partial charge >= 0.3 is 12.1 Å². The van der Waals surface area contributed by atoms with Crippen molar-refractivity contribution >= 4 is 23.2 Å². The molecular weight excluding hydrogens is 457 g/mol. The molecule has 1 aromatic rings. The zero-order chi connectivity index (χ0) is 25.0. The highest BCUT2D eigenvalue weighted by Gasteiger charge is 2.44. The van der Waals surface area contributed by atoms with Gasteiger partial charge in [0.2, 0.25) is 5.91 Å². The van der Waals surface area contributed by atoms with Crippen molar-refractivity contribution in [2.75, 3.05) is 38.6 Å². The quantitative estimate of drug-likeness (QED) is 0.488. The van der Waals surface area contributed by atoms with Crippen LogP contribution in [-0.4, -0.2) is 72.0 Å². The number of carbonyl (C=O) groups excluding carboxylic acids is 2. The van der Waals surface area contributed by atoms with E-state index in [4.69, 9.17) is 4.74 Å². The summed E-state index contributed by atoms with van der Waals surface area (Å²) in [5.41, 5.74) is 0.0372. The van der Waals surface area contributed by atoms with Crippen LogP contribution >= 0.6 is 0 Å². The van der Waals surface area contributed by atoms with Gasteiger partial charge in [-0.25, -0.2) is 0 Å². The molecule has 0 radical (unpaired) electrons. The van der Waals surface area contributed by atoms with Gasteiger partial charge in [-0.05, 0) is 63.6 Å². The Hall–Kier alpha value is -2.89. The van der Waals surface area contributed by atoms with E-state index in [-0.39, 0.29) is 42.2 Å². The lowest BCUT2D eigenvalue weighted by atomic mass is 9.79. The number of carbonyl (C=O) groups is 2. The summed E-state index contributed by atoms with van der Waals surface area (Å²) in [6.07, 6.45) is -2.08. The highest BCUT2D eigenvalue weighted by atomic mass is 19.4. The fourth-order valence-corrected chi connectivity index (χ4v) is 4.85. The number of likely N-dealkylation sites (tertiary alicyclic amines) is 2. The van der Waals surface area contributed by atoms with E-state index in [1.807, 2.05) is 4.90 Å². The lowest BCUT2D eigenvalue weighted by Crippen LogP contribution is -2.50. The molecule has 0 aliphatic carbocycles. The molecular formula is C22H29F3N4O5. The van der Waals surface area contributed by atoms with Crippen LogP contribution in [0, 0.1) is 22.0 Å². The molecule has 1 N–H and O–H groups in total. The number of alkyl halides is 3. The van der Waals surface area contributed by atoms with Crippen molar-refractivity contribution in [3.63, 3.8) is 0 Å². The summed E-state index contributed by atoms with van der Waals surface area (Å²) in [6, 6.07) is 3.44. The number of piperidine rings is 2. The highest BCUT2D eigenvalue weighted by Crippen LogP contribution is 2.34. The van der Waals surface area contributed by atoms with Crippen LogP contribution < -0.4 is 10.1 Å². The second-order valence-electron chi connectivity index (χ2n) is 8.83. The molecule has 0 spiro atoms. The summed E-state index contributed by atoms with van der Waals surface area (Å²) >= 11 is 0. The molecule has 2 atom stereocenters. The number of non-ortho nitro benzene ring substituents is 1. The SMILES string of the molecule is COc1ccc([N+](=O)[O-])cc1NC(=O)C(C)N1CCC(C2CCCN(C(=O)C(F)(F)F)C2)CC1. The number of hydrogen-bond donors (Lipinski definition) is 1. The third-order valence-corrected chi connectivity index (χ3v) is 6.81. The Morgan fingerprint density at radius 2 is 1.85 bits per heavy atom. The summed E-state index contributed by atoms with van der Waals surface area (Å²) in [5.74, 6) is -1.60. The molecule has 188 valence electrons. The van der Waals surface area contributed by atoms with Gasteiger partial charge in [-0.15, -0.1) is 0 Å². The summed E-state index contributed by atoms with van der Waals surface area (Å²) in [5, 5.41) is 13.8. The molecule has 2 fully saturated rings. The number of anilines is 1. The van der Waals surface area contributed by atoms with E-state index in [0.717, 1.165) is 24.2 Å². The molecule has 3 rings (SSSR count). The Bertz CT molecular complexity index is 918. The predicted molar refractivity (Wildman–Crippen MR) is 117 cm³/mol. The van der Waals surface area contributed by atoms with E-state index in [1.165, 1.54) is 25.3 Å². The van der Waals surface area contributed by atoms with Gasteiger partial charge in [-0.3, -0.25) is 24.6 Å². The second-order valence-corrected chi connectivity index (χ2v) is 8.83. The van der Waals surface area contributed by atoms with E-state index >= 15 is 0 Å². The van der Waals surface area contributed by atoms with Crippen LogP contribution in [0.5, 0.6) is 5.75 Å². The first-order chi connectivity index (χ1) is 16.0. The van der Waals surface area contributed by atoms with Gasteiger partial charge in [-0.1, -0.05) is 0 Å². The summed E-state index contributed by atoms with van der Waals surface area (Å²) in [6.45, 7) is 3.17. The van der Waals surface area contributed by atoms with Crippen LogP contribution in [0.25, 0.3) is 0 Å². The van der Waals surface area contributed by atoms with Gasteiger partial charge < -0.3 is 15.0 Å². The minimum Gasteiger partial charge on any atom is -0.495 e. The van der Waals surface area contributed by atoms with E-state index in [1.54, 1.807) is 6.92 Å². The minimum absolute atomic E-state index is 0.0143.